The molecular weight excluding hydrogens is 597 g/mol. The first kappa shape index (κ1) is 33.3. The van der Waals surface area contributed by atoms with E-state index in [9.17, 15) is 14.7 Å². The van der Waals surface area contributed by atoms with Crippen LogP contribution in [0.2, 0.25) is 5.02 Å². The van der Waals surface area contributed by atoms with Gasteiger partial charge < -0.3 is 23.9 Å². The summed E-state index contributed by atoms with van der Waals surface area (Å²) in [5.74, 6) is 1.79. The first-order chi connectivity index (χ1) is 20.1. The molecule has 2 saturated carbocycles. The number of aromatic nitrogens is 2. The normalized spacial score (nSPS) is 16.5. The molecule has 8 nitrogen and oxygen atoms in total. The van der Waals surface area contributed by atoms with Crippen molar-refractivity contribution in [2.75, 3.05) is 25.7 Å². The van der Waals surface area contributed by atoms with E-state index in [1.807, 2.05) is 38.3 Å². The molecule has 0 spiro atoms. The van der Waals surface area contributed by atoms with Gasteiger partial charge in [-0.3, -0.25) is 9.69 Å². The van der Waals surface area contributed by atoms with Crippen molar-refractivity contribution in [3.05, 3.63) is 57.6 Å². The van der Waals surface area contributed by atoms with Gasteiger partial charge in [0.2, 0.25) is 0 Å². The summed E-state index contributed by atoms with van der Waals surface area (Å²) in [5, 5.41) is 15.1. The van der Waals surface area contributed by atoms with Crippen LogP contribution in [0.25, 0.3) is 22.2 Å². The minimum atomic E-state index is -1.27. The Morgan fingerprint density at radius 3 is 2.35 bits per heavy atom. The fourth-order valence-corrected chi connectivity index (χ4v) is 7.14. The molecule has 11 heteroatoms. The zero-order valence-corrected chi connectivity index (χ0v) is 29.1. The zero-order valence-electron chi connectivity index (χ0n) is 25.5. The fraction of sp³-hybridized carbons (Fsp3) is 0.406. The van der Waals surface area contributed by atoms with Crippen molar-refractivity contribution < 1.29 is 53.7 Å². The van der Waals surface area contributed by atoms with E-state index in [1.54, 1.807) is 37.5 Å². The molecule has 0 bridgehead atoms. The minimum absolute atomic E-state index is 0. The Bertz CT molecular complexity index is 1640. The maximum atomic E-state index is 13.8. The average molecular weight is 632 g/mol. The largest absolute Gasteiger partial charge is 1.00 e. The molecule has 2 heterocycles. The first-order valence-electron chi connectivity index (χ1n) is 14.1. The molecule has 4 aromatic rings. The second kappa shape index (κ2) is 14.0. The van der Waals surface area contributed by atoms with Crippen LogP contribution in [-0.2, 0) is 11.3 Å². The van der Waals surface area contributed by atoms with Gasteiger partial charge in [-0.2, -0.15) is 0 Å². The fourth-order valence-electron chi connectivity index (χ4n) is 6.02. The summed E-state index contributed by atoms with van der Waals surface area (Å²) in [6.07, 6.45) is 6.24. The molecule has 0 N–H and O–H groups in total. The third-order valence-electron chi connectivity index (χ3n) is 8.09. The van der Waals surface area contributed by atoms with E-state index in [0.29, 0.717) is 45.0 Å². The van der Waals surface area contributed by atoms with Crippen molar-refractivity contribution in [3.8, 4) is 22.8 Å². The van der Waals surface area contributed by atoms with Crippen molar-refractivity contribution in [1.29, 1.82) is 0 Å². The van der Waals surface area contributed by atoms with Gasteiger partial charge in [-0.1, -0.05) is 42.5 Å². The number of amides is 1. The van der Waals surface area contributed by atoms with Crippen LogP contribution in [0.5, 0.6) is 11.5 Å². The Kier molecular flexibility index (Phi) is 10.9. The van der Waals surface area contributed by atoms with Crippen LogP contribution in [0.15, 0.2) is 35.7 Å². The van der Waals surface area contributed by atoms with Gasteiger partial charge in [-0.25, -0.2) is 4.98 Å². The molecule has 1 amide bonds. The Hall–Kier alpha value is -2.56. The van der Waals surface area contributed by atoms with E-state index < -0.39 is 12.5 Å². The van der Waals surface area contributed by atoms with Gasteiger partial charge in [-0.15, -0.1) is 11.3 Å². The molecule has 0 saturated heterocycles. The number of thiazole rings is 1. The number of carboxylic acids is 1. The molecule has 2 unspecified atom stereocenters. The molecule has 43 heavy (non-hydrogen) atoms. The number of aliphatic carboxylic acids is 1. The van der Waals surface area contributed by atoms with Crippen molar-refractivity contribution >= 4 is 50.8 Å². The Labute approximate surface area is 283 Å². The van der Waals surface area contributed by atoms with E-state index in [4.69, 9.17) is 26.1 Å². The van der Waals surface area contributed by atoms with Gasteiger partial charge >= 0.3 is 29.6 Å². The summed E-state index contributed by atoms with van der Waals surface area (Å²) < 4.78 is 12.3. The second-order valence-corrected chi connectivity index (χ2v) is 12.2. The van der Waals surface area contributed by atoms with Gasteiger partial charge in [0, 0.05) is 28.9 Å². The van der Waals surface area contributed by atoms with Crippen LogP contribution < -0.4 is 49.0 Å². The number of ether oxygens (including phenoxy) is 2. The predicted molar refractivity (Wildman–Crippen MR) is 165 cm³/mol. The molecule has 6 rings (SSSR count). The summed E-state index contributed by atoms with van der Waals surface area (Å²) in [6, 6.07) is 9.01. The molecular formula is C32H35ClN3NaO5S. The molecule has 2 aliphatic rings. The molecule has 222 valence electrons. The molecule has 2 aliphatic carbocycles. The van der Waals surface area contributed by atoms with E-state index in [0.717, 1.165) is 16.5 Å². The molecule has 2 aromatic carbocycles. The minimum Gasteiger partial charge on any atom is -0.548 e. The number of hydrogen-bond donors (Lipinski definition) is 0. The number of aryl methyl sites for hydroxylation is 2. The summed E-state index contributed by atoms with van der Waals surface area (Å²) in [5.41, 5.74) is 4.12. The second-order valence-electron chi connectivity index (χ2n) is 10.9. The van der Waals surface area contributed by atoms with Crippen LogP contribution >= 0.6 is 22.9 Å². The average Bonchev–Trinajstić information content (AvgIpc) is 3.29. The number of hydrogen-bond acceptors (Lipinski definition) is 7. The number of anilines is 1. The van der Waals surface area contributed by atoms with Crippen LogP contribution in [0.1, 0.15) is 54.2 Å². The maximum Gasteiger partial charge on any atom is 1.00 e. The monoisotopic (exact) mass is 631 g/mol. The molecule has 2 aromatic heterocycles. The number of carbonyl (C=O) groups excluding carboxylic acids is 2. The van der Waals surface area contributed by atoms with Crippen molar-refractivity contribution in [2.45, 2.75) is 53.0 Å². The number of methoxy groups -OCH3 is 2. The standard InChI is InChI=1S/C26H26ClN3O5S.C6H10.Na/c1-6-29(26-28-19(13-36-26)17-10-22(35-5)18(27)11-21(17)34-4)25(33)20-9-16-8-14(2)7-15(3)24(16)30(20)12-23(31)32;1-2-5-4-6(5)3-1;/h7-11,13H,6,12H2,1-5H3,(H,31,32);5-6H,1-4H2;/q;;+1/p-1. The van der Waals surface area contributed by atoms with Gasteiger partial charge in [-0.05, 0) is 62.8 Å². The SMILES string of the molecule is C1CC2CC2C1.CCN(C(=O)c1cc2cc(C)cc(C)c2n1CC(=O)[O-])c1nc(-c2cc(OC)c(Cl)cc2OC)cs1.[Na+]. The molecule has 0 aliphatic heterocycles. The number of nitrogens with zero attached hydrogens (tertiary/aromatic N) is 3. The molecule has 2 fully saturated rings. The molecule has 2 atom stereocenters. The topological polar surface area (TPSA) is 96.7 Å². The Morgan fingerprint density at radius 1 is 1.09 bits per heavy atom. The van der Waals surface area contributed by atoms with Crippen molar-refractivity contribution in [2.24, 2.45) is 11.8 Å². The smallest absolute Gasteiger partial charge is 0.548 e. The third kappa shape index (κ3) is 7.07. The van der Waals surface area contributed by atoms with E-state index in [2.05, 4.69) is 0 Å². The zero-order chi connectivity index (χ0) is 30.1. The van der Waals surface area contributed by atoms with Crippen LogP contribution in [0.4, 0.5) is 5.13 Å². The number of halogens is 1. The van der Waals surface area contributed by atoms with Gasteiger partial charge in [0.1, 0.15) is 17.2 Å². The number of carboxylic acid groups (broad SMARTS) is 1. The Balaban J connectivity index is 0.000000530. The maximum absolute atomic E-state index is 13.8. The number of fused-ring (bicyclic) bond motifs is 2. The van der Waals surface area contributed by atoms with Crippen LogP contribution in [0, 0.1) is 25.7 Å². The number of carbonyl (C=O) groups is 2. The summed E-state index contributed by atoms with van der Waals surface area (Å²) >= 11 is 7.53. The Morgan fingerprint density at radius 2 is 1.79 bits per heavy atom. The van der Waals surface area contributed by atoms with E-state index in [1.165, 1.54) is 53.3 Å². The van der Waals surface area contributed by atoms with Crippen LogP contribution in [-0.4, -0.2) is 42.2 Å². The van der Waals surface area contributed by atoms with Crippen molar-refractivity contribution in [3.63, 3.8) is 0 Å². The first-order valence-corrected chi connectivity index (χ1v) is 15.4. The summed E-state index contributed by atoms with van der Waals surface area (Å²) in [4.78, 5) is 31.5. The third-order valence-corrected chi connectivity index (χ3v) is 9.25. The van der Waals surface area contributed by atoms with E-state index >= 15 is 0 Å². The van der Waals surface area contributed by atoms with Gasteiger partial charge in [0.25, 0.3) is 5.91 Å². The predicted octanol–water partition coefficient (Wildman–Crippen LogP) is 3.28. The quantitative estimate of drug-likeness (QED) is 0.277. The van der Waals surface area contributed by atoms with Gasteiger partial charge in [0.15, 0.2) is 5.13 Å². The number of rotatable bonds is 8. The molecule has 0 radical (unpaired) electrons. The van der Waals surface area contributed by atoms with Crippen molar-refractivity contribution in [1.82, 2.24) is 9.55 Å². The number of benzene rings is 2. The van der Waals surface area contributed by atoms with Crippen LogP contribution in [0.3, 0.4) is 0 Å². The van der Waals surface area contributed by atoms with E-state index in [-0.39, 0.29) is 41.2 Å². The van der Waals surface area contributed by atoms with Gasteiger partial charge in [0.05, 0.1) is 43.0 Å². The summed E-state index contributed by atoms with van der Waals surface area (Å²) in [7, 11) is 3.06. The summed E-state index contributed by atoms with van der Waals surface area (Å²) in [6.45, 7) is 5.59.